The van der Waals surface area contributed by atoms with Crippen LogP contribution in [-0.4, -0.2) is 42.3 Å². The first-order valence-corrected chi connectivity index (χ1v) is 12.1. The van der Waals surface area contributed by atoms with Crippen molar-refractivity contribution < 1.29 is 19.4 Å². The minimum Gasteiger partial charge on any atom is -0.494 e. The number of hydrogen-bond acceptors (Lipinski definition) is 4. The quantitative estimate of drug-likeness (QED) is 0.383. The smallest absolute Gasteiger partial charge is 0.303 e. The van der Waals surface area contributed by atoms with Crippen molar-refractivity contribution in [3.05, 3.63) is 95.1 Å². The summed E-state index contributed by atoms with van der Waals surface area (Å²) in [6.45, 7) is 5.28. The molecule has 3 aromatic rings. The van der Waals surface area contributed by atoms with E-state index in [9.17, 15) is 4.79 Å². The van der Waals surface area contributed by atoms with Gasteiger partial charge in [0.25, 0.3) is 0 Å². The number of carbonyl (C=O) groups is 1. The highest BCUT2D eigenvalue weighted by atomic mass is 16.5. The van der Waals surface area contributed by atoms with Crippen LogP contribution in [0.25, 0.3) is 0 Å². The highest BCUT2D eigenvalue weighted by Crippen LogP contribution is 2.35. The number of aryl methyl sites for hydroxylation is 1. The molecule has 1 heterocycles. The van der Waals surface area contributed by atoms with Crippen molar-refractivity contribution in [3.63, 3.8) is 0 Å². The SMILES string of the molecule is CCOc1ccc(C2c3ccccc3CCN2CCCOc2ccc(CCC(=O)O)cc2)cc1. The Morgan fingerprint density at radius 2 is 1.68 bits per heavy atom. The second-order valence-electron chi connectivity index (χ2n) is 8.63. The lowest BCUT2D eigenvalue weighted by Crippen LogP contribution is -2.37. The van der Waals surface area contributed by atoms with E-state index < -0.39 is 5.97 Å². The molecule has 0 fully saturated rings. The zero-order valence-electron chi connectivity index (χ0n) is 19.8. The van der Waals surface area contributed by atoms with E-state index in [1.165, 1.54) is 16.7 Å². The molecule has 1 aliphatic rings. The van der Waals surface area contributed by atoms with Gasteiger partial charge in [-0.1, -0.05) is 48.5 Å². The molecule has 0 radical (unpaired) electrons. The molecule has 0 aliphatic carbocycles. The average Bonchev–Trinajstić information content (AvgIpc) is 2.86. The second kappa shape index (κ2) is 11.7. The summed E-state index contributed by atoms with van der Waals surface area (Å²) >= 11 is 0. The largest absolute Gasteiger partial charge is 0.494 e. The molecule has 178 valence electrons. The molecule has 34 heavy (non-hydrogen) atoms. The zero-order valence-corrected chi connectivity index (χ0v) is 19.8. The standard InChI is InChI=1S/C29H33NO4/c1-2-33-25-15-11-24(12-16-25)29-27-7-4-3-6-23(27)18-20-30(29)19-5-21-34-26-13-8-22(9-14-26)10-17-28(31)32/h3-4,6-9,11-16,29H,2,5,10,17-21H2,1H3,(H,31,32). The minimum absolute atomic E-state index is 0.148. The first kappa shape index (κ1) is 23.8. The number of carboxylic acid groups (broad SMARTS) is 1. The fourth-order valence-electron chi connectivity index (χ4n) is 4.62. The Hall–Kier alpha value is -3.31. The van der Waals surface area contributed by atoms with Gasteiger partial charge < -0.3 is 14.6 Å². The predicted molar refractivity (Wildman–Crippen MR) is 134 cm³/mol. The van der Waals surface area contributed by atoms with Crippen molar-refractivity contribution in [1.82, 2.24) is 4.90 Å². The molecule has 0 bridgehead atoms. The van der Waals surface area contributed by atoms with Crippen LogP contribution in [0.4, 0.5) is 0 Å². The van der Waals surface area contributed by atoms with Gasteiger partial charge in [0.15, 0.2) is 0 Å². The number of aliphatic carboxylic acids is 1. The minimum atomic E-state index is -0.774. The lowest BCUT2D eigenvalue weighted by molar-refractivity contribution is -0.136. The van der Waals surface area contributed by atoms with Crippen molar-refractivity contribution >= 4 is 5.97 Å². The molecule has 1 unspecified atom stereocenters. The second-order valence-corrected chi connectivity index (χ2v) is 8.63. The number of rotatable bonds is 11. The summed E-state index contributed by atoms with van der Waals surface area (Å²) in [7, 11) is 0. The summed E-state index contributed by atoms with van der Waals surface area (Å²) in [5, 5.41) is 8.83. The topological polar surface area (TPSA) is 59.0 Å². The molecule has 0 saturated carbocycles. The first-order valence-electron chi connectivity index (χ1n) is 12.1. The van der Waals surface area contributed by atoms with Gasteiger partial charge >= 0.3 is 5.97 Å². The van der Waals surface area contributed by atoms with Crippen LogP contribution in [0, 0.1) is 0 Å². The van der Waals surface area contributed by atoms with Gasteiger partial charge in [-0.05, 0) is 72.7 Å². The molecular formula is C29H33NO4. The third kappa shape index (κ3) is 6.17. The number of carboxylic acids is 1. The molecule has 1 atom stereocenters. The Bertz CT molecular complexity index is 1060. The van der Waals surface area contributed by atoms with Crippen LogP contribution in [0.15, 0.2) is 72.8 Å². The lowest BCUT2D eigenvalue weighted by atomic mass is 9.88. The Morgan fingerprint density at radius 1 is 0.971 bits per heavy atom. The van der Waals surface area contributed by atoms with E-state index in [0.29, 0.717) is 19.6 Å². The number of hydrogen-bond donors (Lipinski definition) is 1. The summed E-state index contributed by atoms with van der Waals surface area (Å²) in [6, 6.07) is 25.3. The van der Waals surface area contributed by atoms with E-state index >= 15 is 0 Å². The molecule has 1 aliphatic heterocycles. The van der Waals surface area contributed by atoms with Gasteiger partial charge in [-0.15, -0.1) is 0 Å². The van der Waals surface area contributed by atoms with Crippen LogP contribution < -0.4 is 9.47 Å². The molecule has 0 aromatic heterocycles. The van der Waals surface area contributed by atoms with Crippen molar-refractivity contribution in [2.24, 2.45) is 0 Å². The average molecular weight is 460 g/mol. The monoisotopic (exact) mass is 459 g/mol. The van der Waals surface area contributed by atoms with Crippen molar-refractivity contribution in [2.75, 3.05) is 26.3 Å². The van der Waals surface area contributed by atoms with Crippen LogP contribution >= 0.6 is 0 Å². The summed E-state index contributed by atoms with van der Waals surface area (Å²) < 4.78 is 11.6. The van der Waals surface area contributed by atoms with E-state index in [1.54, 1.807) is 0 Å². The van der Waals surface area contributed by atoms with E-state index in [1.807, 2.05) is 31.2 Å². The van der Waals surface area contributed by atoms with E-state index in [4.69, 9.17) is 14.6 Å². The normalized spacial score (nSPS) is 15.5. The molecule has 0 saturated heterocycles. The summed E-state index contributed by atoms with van der Waals surface area (Å²) in [5.41, 5.74) is 5.11. The Morgan fingerprint density at radius 3 is 2.41 bits per heavy atom. The highest BCUT2D eigenvalue weighted by molar-refractivity contribution is 5.67. The Kier molecular flexibility index (Phi) is 8.21. The van der Waals surface area contributed by atoms with Gasteiger partial charge in [-0.3, -0.25) is 9.69 Å². The van der Waals surface area contributed by atoms with Gasteiger partial charge in [0.2, 0.25) is 0 Å². The molecule has 5 heteroatoms. The molecular weight excluding hydrogens is 426 g/mol. The summed E-state index contributed by atoms with van der Waals surface area (Å²) in [5.74, 6) is 0.958. The van der Waals surface area contributed by atoms with Gasteiger partial charge in [-0.2, -0.15) is 0 Å². The fourth-order valence-corrected chi connectivity index (χ4v) is 4.62. The molecule has 3 aromatic carbocycles. The summed E-state index contributed by atoms with van der Waals surface area (Å²) in [6.07, 6.45) is 2.67. The maximum atomic E-state index is 10.7. The Labute approximate surface area is 201 Å². The lowest BCUT2D eigenvalue weighted by Gasteiger charge is -2.38. The van der Waals surface area contributed by atoms with Crippen LogP contribution in [0.2, 0.25) is 0 Å². The van der Waals surface area contributed by atoms with Crippen LogP contribution in [0.1, 0.15) is 48.1 Å². The maximum Gasteiger partial charge on any atom is 0.303 e. The molecule has 4 rings (SSSR count). The van der Waals surface area contributed by atoms with Gasteiger partial charge in [0.05, 0.1) is 19.3 Å². The summed E-state index contributed by atoms with van der Waals surface area (Å²) in [4.78, 5) is 13.3. The Balaban J connectivity index is 1.37. The van der Waals surface area contributed by atoms with Gasteiger partial charge in [0, 0.05) is 19.5 Å². The van der Waals surface area contributed by atoms with Crippen LogP contribution in [0.3, 0.4) is 0 Å². The zero-order chi connectivity index (χ0) is 23.8. The van der Waals surface area contributed by atoms with E-state index in [0.717, 1.165) is 43.0 Å². The predicted octanol–water partition coefficient (Wildman–Crippen LogP) is 5.52. The van der Waals surface area contributed by atoms with E-state index in [-0.39, 0.29) is 12.5 Å². The van der Waals surface area contributed by atoms with Gasteiger partial charge in [-0.25, -0.2) is 0 Å². The molecule has 1 N–H and O–H groups in total. The first-order chi connectivity index (χ1) is 16.6. The number of fused-ring (bicyclic) bond motifs is 1. The van der Waals surface area contributed by atoms with Crippen molar-refractivity contribution in [1.29, 1.82) is 0 Å². The van der Waals surface area contributed by atoms with Crippen molar-refractivity contribution in [2.45, 2.75) is 38.6 Å². The third-order valence-corrected chi connectivity index (χ3v) is 6.30. The number of nitrogens with zero attached hydrogens (tertiary/aromatic N) is 1. The van der Waals surface area contributed by atoms with E-state index in [2.05, 4.69) is 53.4 Å². The highest BCUT2D eigenvalue weighted by Gasteiger charge is 2.28. The fraction of sp³-hybridized carbons (Fsp3) is 0.345. The van der Waals surface area contributed by atoms with Crippen LogP contribution in [-0.2, 0) is 17.6 Å². The molecule has 0 amide bonds. The maximum absolute atomic E-state index is 10.7. The van der Waals surface area contributed by atoms with Crippen LogP contribution in [0.5, 0.6) is 11.5 Å². The molecule has 0 spiro atoms. The van der Waals surface area contributed by atoms with Crippen molar-refractivity contribution in [3.8, 4) is 11.5 Å². The number of ether oxygens (including phenoxy) is 2. The molecule has 5 nitrogen and oxygen atoms in total. The third-order valence-electron chi connectivity index (χ3n) is 6.30. The van der Waals surface area contributed by atoms with Gasteiger partial charge in [0.1, 0.15) is 11.5 Å². The number of benzene rings is 3.